The van der Waals surface area contributed by atoms with Gasteiger partial charge in [-0.15, -0.1) is 0 Å². The van der Waals surface area contributed by atoms with E-state index in [4.69, 9.17) is 5.73 Å². The first kappa shape index (κ1) is 11.9. The third kappa shape index (κ3) is 1.48. The van der Waals surface area contributed by atoms with E-state index in [1.807, 2.05) is 0 Å². The van der Waals surface area contributed by atoms with Crippen LogP contribution < -0.4 is 11.1 Å². The molecule has 92 valence electrons. The SMILES string of the molecule is CC1(C)[C@H]2CC[C@@]1(C)[C@H](NC(=O)CCN)C2. The summed E-state index contributed by atoms with van der Waals surface area (Å²) in [5, 5.41) is 3.19. The molecule has 0 saturated heterocycles. The number of nitrogens with two attached hydrogens (primary N) is 1. The van der Waals surface area contributed by atoms with Crippen LogP contribution >= 0.6 is 0 Å². The van der Waals surface area contributed by atoms with Gasteiger partial charge in [0.05, 0.1) is 0 Å². The molecular weight excluding hydrogens is 200 g/mol. The first-order chi connectivity index (χ1) is 7.41. The number of hydrogen-bond donors (Lipinski definition) is 2. The Labute approximate surface area is 98.2 Å². The van der Waals surface area contributed by atoms with Crippen LogP contribution in [0.25, 0.3) is 0 Å². The van der Waals surface area contributed by atoms with Crippen molar-refractivity contribution in [2.24, 2.45) is 22.5 Å². The van der Waals surface area contributed by atoms with Crippen LogP contribution in [0.15, 0.2) is 0 Å². The van der Waals surface area contributed by atoms with Crippen LogP contribution in [-0.4, -0.2) is 18.5 Å². The van der Waals surface area contributed by atoms with Gasteiger partial charge in [0.1, 0.15) is 0 Å². The lowest BCUT2D eigenvalue weighted by Gasteiger charge is -2.39. The molecule has 2 fully saturated rings. The molecule has 1 amide bonds. The molecule has 2 aliphatic carbocycles. The Hall–Kier alpha value is -0.570. The topological polar surface area (TPSA) is 55.1 Å². The highest BCUT2D eigenvalue weighted by molar-refractivity contribution is 5.76. The zero-order valence-electron chi connectivity index (χ0n) is 10.7. The van der Waals surface area contributed by atoms with Gasteiger partial charge < -0.3 is 11.1 Å². The van der Waals surface area contributed by atoms with Gasteiger partial charge in [-0.25, -0.2) is 0 Å². The largest absolute Gasteiger partial charge is 0.353 e. The van der Waals surface area contributed by atoms with Crippen LogP contribution in [0.1, 0.15) is 46.5 Å². The van der Waals surface area contributed by atoms with Crippen LogP contribution in [0.5, 0.6) is 0 Å². The average molecular weight is 224 g/mol. The summed E-state index contributed by atoms with van der Waals surface area (Å²) in [6, 6.07) is 0.361. The number of carbonyl (C=O) groups excluding carboxylic acids is 1. The Morgan fingerprint density at radius 1 is 1.44 bits per heavy atom. The van der Waals surface area contributed by atoms with E-state index in [1.165, 1.54) is 12.8 Å². The predicted octanol–water partition coefficient (Wildman–Crippen LogP) is 1.67. The fourth-order valence-corrected chi connectivity index (χ4v) is 3.82. The van der Waals surface area contributed by atoms with Gasteiger partial charge in [0, 0.05) is 19.0 Å². The second-order valence-electron chi connectivity index (χ2n) is 6.27. The molecule has 3 N–H and O–H groups in total. The molecule has 0 aromatic rings. The van der Waals surface area contributed by atoms with Crippen LogP contribution in [0.4, 0.5) is 0 Å². The number of amides is 1. The van der Waals surface area contributed by atoms with Gasteiger partial charge in [-0.05, 0) is 36.0 Å². The summed E-state index contributed by atoms with van der Waals surface area (Å²) in [4.78, 5) is 11.6. The Morgan fingerprint density at radius 3 is 2.56 bits per heavy atom. The lowest BCUT2D eigenvalue weighted by Crippen LogP contribution is -2.47. The number of nitrogens with one attached hydrogen (secondary N) is 1. The molecule has 0 radical (unpaired) electrons. The Kier molecular flexibility index (Phi) is 2.77. The van der Waals surface area contributed by atoms with Crippen molar-refractivity contribution >= 4 is 5.91 Å². The fraction of sp³-hybridized carbons (Fsp3) is 0.923. The Bertz CT molecular complexity index is 300. The molecule has 0 heterocycles. The zero-order chi connectivity index (χ0) is 12.0. The normalized spacial score (nSPS) is 40.0. The third-order valence-corrected chi connectivity index (χ3v) is 5.50. The van der Waals surface area contributed by atoms with E-state index in [9.17, 15) is 4.79 Å². The highest BCUT2D eigenvalue weighted by atomic mass is 16.1. The van der Waals surface area contributed by atoms with Crippen LogP contribution in [0.3, 0.4) is 0 Å². The van der Waals surface area contributed by atoms with E-state index in [1.54, 1.807) is 0 Å². The number of carbonyl (C=O) groups is 1. The van der Waals surface area contributed by atoms with Crippen molar-refractivity contribution in [1.82, 2.24) is 5.32 Å². The highest BCUT2D eigenvalue weighted by Gasteiger charge is 2.61. The molecule has 2 saturated carbocycles. The minimum atomic E-state index is 0.122. The first-order valence-corrected chi connectivity index (χ1v) is 6.41. The molecule has 0 aliphatic heterocycles. The van der Waals surface area contributed by atoms with Crippen molar-refractivity contribution in [3.8, 4) is 0 Å². The van der Waals surface area contributed by atoms with Crippen molar-refractivity contribution in [2.75, 3.05) is 6.54 Å². The lowest BCUT2D eigenvalue weighted by atomic mass is 9.69. The average Bonchev–Trinajstić information content (AvgIpc) is 2.51. The summed E-state index contributed by atoms with van der Waals surface area (Å²) >= 11 is 0. The van der Waals surface area contributed by atoms with Gasteiger partial charge in [-0.1, -0.05) is 20.8 Å². The monoisotopic (exact) mass is 224 g/mol. The summed E-state index contributed by atoms with van der Waals surface area (Å²) in [6.07, 6.45) is 4.18. The third-order valence-electron chi connectivity index (χ3n) is 5.50. The summed E-state index contributed by atoms with van der Waals surface area (Å²) in [6.45, 7) is 7.51. The van der Waals surface area contributed by atoms with E-state index >= 15 is 0 Å². The molecule has 2 aliphatic rings. The van der Waals surface area contributed by atoms with Crippen LogP contribution in [0, 0.1) is 16.7 Å². The second-order valence-corrected chi connectivity index (χ2v) is 6.27. The maximum absolute atomic E-state index is 11.6. The lowest BCUT2D eigenvalue weighted by molar-refractivity contribution is -0.122. The smallest absolute Gasteiger partial charge is 0.221 e. The minimum Gasteiger partial charge on any atom is -0.353 e. The van der Waals surface area contributed by atoms with Crippen molar-refractivity contribution in [2.45, 2.75) is 52.5 Å². The summed E-state index contributed by atoms with van der Waals surface area (Å²) < 4.78 is 0. The van der Waals surface area contributed by atoms with Gasteiger partial charge in [-0.2, -0.15) is 0 Å². The molecule has 3 nitrogen and oxygen atoms in total. The molecule has 0 aromatic carbocycles. The maximum Gasteiger partial charge on any atom is 0.221 e. The van der Waals surface area contributed by atoms with Crippen molar-refractivity contribution in [1.29, 1.82) is 0 Å². The summed E-state index contributed by atoms with van der Waals surface area (Å²) in [5.74, 6) is 0.901. The van der Waals surface area contributed by atoms with Crippen LogP contribution in [0.2, 0.25) is 0 Å². The molecule has 0 aromatic heterocycles. The van der Waals surface area contributed by atoms with Gasteiger partial charge in [0.15, 0.2) is 0 Å². The van der Waals surface area contributed by atoms with E-state index in [2.05, 4.69) is 26.1 Å². The van der Waals surface area contributed by atoms with E-state index in [-0.39, 0.29) is 11.3 Å². The predicted molar refractivity (Wildman–Crippen MR) is 64.8 cm³/mol. The fourth-order valence-electron chi connectivity index (χ4n) is 3.82. The molecule has 3 atom stereocenters. The molecule has 0 unspecified atom stereocenters. The maximum atomic E-state index is 11.6. The number of rotatable bonds is 3. The standard InChI is InChI=1S/C13H24N2O/c1-12(2)9-4-6-13(12,3)10(8-9)15-11(16)5-7-14/h9-10H,4-8,14H2,1-3H3,(H,15,16)/t9-,10+,13-/m0/s1. The highest BCUT2D eigenvalue weighted by Crippen LogP contribution is 2.65. The summed E-state index contributed by atoms with van der Waals surface area (Å²) in [5.41, 5.74) is 6.05. The molecule has 16 heavy (non-hydrogen) atoms. The van der Waals surface area contributed by atoms with Crippen molar-refractivity contribution < 1.29 is 4.79 Å². The molecule has 2 bridgehead atoms. The molecule has 3 heteroatoms. The van der Waals surface area contributed by atoms with E-state index in [0.717, 1.165) is 12.3 Å². The molecule has 2 rings (SSSR count). The number of fused-ring (bicyclic) bond motifs is 2. The Morgan fingerprint density at radius 2 is 2.12 bits per heavy atom. The quantitative estimate of drug-likeness (QED) is 0.766. The van der Waals surface area contributed by atoms with E-state index < -0.39 is 0 Å². The molecule has 0 spiro atoms. The zero-order valence-corrected chi connectivity index (χ0v) is 10.7. The van der Waals surface area contributed by atoms with Gasteiger partial charge in [-0.3, -0.25) is 4.79 Å². The summed E-state index contributed by atoms with van der Waals surface area (Å²) in [7, 11) is 0. The molecular formula is C13H24N2O. The van der Waals surface area contributed by atoms with Crippen LogP contribution in [-0.2, 0) is 4.79 Å². The van der Waals surface area contributed by atoms with Gasteiger partial charge in [0.2, 0.25) is 5.91 Å². The van der Waals surface area contributed by atoms with E-state index in [0.29, 0.717) is 24.4 Å². The second kappa shape index (κ2) is 3.73. The number of hydrogen-bond acceptors (Lipinski definition) is 2. The minimum absolute atomic E-state index is 0.122. The van der Waals surface area contributed by atoms with Crippen molar-refractivity contribution in [3.63, 3.8) is 0 Å². The van der Waals surface area contributed by atoms with Gasteiger partial charge >= 0.3 is 0 Å². The van der Waals surface area contributed by atoms with Crippen molar-refractivity contribution in [3.05, 3.63) is 0 Å². The Balaban J connectivity index is 2.07. The van der Waals surface area contributed by atoms with Gasteiger partial charge in [0.25, 0.3) is 0 Å². The first-order valence-electron chi connectivity index (χ1n) is 6.41.